The molecular weight excluding hydrogens is 860 g/mol. The van der Waals surface area contributed by atoms with Crippen molar-refractivity contribution in [3.63, 3.8) is 0 Å². The number of nitrogen functional groups attached to an aromatic ring is 1. The molecule has 6 N–H and O–H groups in total. The van der Waals surface area contributed by atoms with E-state index >= 15 is 0 Å². The van der Waals surface area contributed by atoms with E-state index in [0.717, 1.165) is 67.8 Å². The molecule has 63 heavy (non-hydrogen) atoms. The molecule has 366 valence electrons. The molecule has 1 fully saturated rings. The van der Waals surface area contributed by atoms with Crippen molar-refractivity contribution in [2.45, 2.75) is 206 Å². The number of aromatic nitrogens is 2. The van der Waals surface area contributed by atoms with Crippen molar-refractivity contribution >= 4 is 33.4 Å². The third kappa shape index (κ3) is 25.9. The van der Waals surface area contributed by atoms with Crippen LogP contribution in [0.1, 0.15) is 182 Å². The lowest BCUT2D eigenvalue weighted by Gasteiger charge is -2.21. The molecule has 0 bridgehead atoms. The van der Waals surface area contributed by atoms with E-state index in [2.05, 4.69) is 37.0 Å². The highest BCUT2D eigenvalue weighted by Gasteiger charge is 2.46. The number of ether oxygens (including phenoxy) is 3. The number of carbonyl (C=O) groups is 2. The molecule has 20 heteroatoms. The Balaban J connectivity index is 1.83. The fourth-order valence-electron chi connectivity index (χ4n) is 7.12. The molecule has 0 amide bonds. The van der Waals surface area contributed by atoms with Crippen LogP contribution in [0, 0.1) is 11.8 Å². The molecule has 18 nitrogen and oxygen atoms in total. The van der Waals surface area contributed by atoms with Crippen LogP contribution in [0.3, 0.4) is 0 Å². The highest BCUT2D eigenvalue weighted by Crippen LogP contribution is 2.60. The van der Waals surface area contributed by atoms with Gasteiger partial charge in [-0.1, -0.05) is 150 Å². The summed E-state index contributed by atoms with van der Waals surface area (Å²) in [5, 5.41) is 20.9. The summed E-state index contributed by atoms with van der Waals surface area (Å²) in [6, 6.07) is 1.25. The van der Waals surface area contributed by atoms with Crippen molar-refractivity contribution in [2.24, 2.45) is 11.8 Å². The molecule has 2 heterocycles. The monoisotopic (exact) mass is 939 g/mol. The smallest absolute Gasteiger partial charge is 0.462 e. The van der Waals surface area contributed by atoms with Gasteiger partial charge >= 0.3 is 33.3 Å². The number of esters is 2. The van der Waals surface area contributed by atoms with Crippen LogP contribution in [-0.2, 0) is 46.3 Å². The van der Waals surface area contributed by atoms with Crippen molar-refractivity contribution in [2.75, 3.05) is 25.6 Å². The van der Waals surface area contributed by atoms with Gasteiger partial charge in [0.05, 0.1) is 13.2 Å². The summed E-state index contributed by atoms with van der Waals surface area (Å²) in [5.74, 6) is 0.235. The first-order valence-corrected chi connectivity index (χ1v) is 26.3. The first-order chi connectivity index (χ1) is 29.9. The minimum absolute atomic E-state index is 0.0548. The molecule has 1 aliphatic rings. The summed E-state index contributed by atoms with van der Waals surface area (Å²) in [5.41, 5.74) is 4.58. The molecule has 4 unspecified atom stereocenters. The number of hydrogen-bond donors (Lipinski definition) is 5. The predicted molar refractivity (Wildman–Crippen MR) is 238 cm³/mol. The van der Waals surface area contributed by atoms with Crippen LogP contribution in [0.4, 0.5) is 5.82 Å². The molecule has 0 saturated carbocycles. The van der Waals surface area contributed by atoms with Gasteiger partial charge in [0.25, 0.3) is 0 Å². The van der Waals surface area contributed by atoms with Gasteiger partial charge in [-0.3, -0.25) is 23.2 Å². The quantitative estimate of drug-likeness (QED) is 0.0238. The first kappa shape index (κ1) is 56.9. The summed E-state index contributed by atoms with van der Waals surface area (Å²) < 4.78 is 56.6. The molecule has 1 aromatic heterocycles. The number of unbranched alkanes of at least 4 members (excludes halogenated alkanes) is 16. The van der Waals surface area contributed by atoms with Gasteiger partial charge in [-0.15, -0.1) is 0 Å². The van der Waals surface area contributed by atoms with E-state index in [0.29, 0.717) is 12.8 Å². The molecule has 0 radical (unpaired) electrons. The molecule has 1 aromatic rings. The zero-order valence-corrected chi connectivity index (χ0v) is 40.0. The van der Waals surface area contributed by atoms with Gasteiger partial charge in [0.2, 0.25) is 0 Å². The minimum atomic E-state index is -5.41. The fourth-order valence-corrected chi connectivity index (χ4v) is 9.23. The number of hydrogen-bond acceptors (Lipinski definition) is 15. The Morgan fingerprint density at radius 1 is 0.762 bits per heavy atom. The Labute approximate surface area is 374 Å². The lowest BCUT2D eigenvalue weighted by Crippen LogP contribution is -2.36. The number of phosphoric ester groups is 2. The average Bonchev–Trinajstić information content (AvgIpc) is 3.50. The van der Waals surface area contributed by atoms with Crippen molar-refractivity contribution in [1.82, 2.24) is 9.55 Å². The Morgan fingerprint density at radius 2 is 1.27 bits per heavy atom. The predicted octanol–water partition coefficient (Wildman–Crippen LogP) is 8.43. The average molecular weight is 940 g/mol. The largest absolute Gasteiger partial charge is 0.481 e. The van der Waals surface area contributed by atoms with E-state index in [1.54, 1.807) is 0 Å². The van der Waals surface area contributed by atoms with Gasteiger partial charge in [0, 0.05) is 19.0 Å². The van der Waals surface area contributed by atoms with Gasteiger partial charge in [0.1, 0.15) is 30.7 Å². The van der Waals surface area contributed by atoms with Gasteiger partial charge in [-0.2, -0.15) is 9.29 Å². The Kier molecular flexibility index (Phi) is 28.6. The summed E-state index contributed by atoms with van der Waals surface area (Å²) in [4.78, 5) is 61.7. The molecule has 0 aromatic carbocycles. The number of carbonyl (C=O) groups excluding carboxylic acids is 2. The van der Waals surface area contributed by atoms with E-state index in [1.165, 1.54) is 82.9 Å². The van der Waals surface area contributed by atoms with E-state index < -0.39 is 83.7 Å². The van der Waals surface area contributed by atoms with Crippen LogP contribution in [0.5, 0.6) is 0 Å². The van der Waals surface area contributed by atoms with Gasteiger partial charge in [-0.05, 0) is 30.7 Å². The van der Waals surface area contributed by atoms with Crippen LogP contribution in [0.25, 0.3) is 0 Å². The van der Waals surface area contributed by atoms with Crippen molar-refractivity contribution < 1.29 is 66.3 Å². The van der Waals surface area contributed by atoms with Crippen molar-refractivity contribution in [1.29, 1.82) is 0 Å². The highest BCUT2D eigenvalue weighted by molar-refractivity contribution is 7.61. The maximum atomic E-state index is 12.8. The molecule has 8 atom stereocenters. The number of phosphoric acid groups is 2. The van der Waals surface area contributed by atoms with Gasteiger partial charge in [0.15, 0.2) is 12.3 Å². The zero-order valence-electron chi connectivity index (χ0n) is 38.2. The number of aliphatic hydroxyl groups is 2. The molecule has 0 aliphatic carbocycles. The topological polar surface area (TPSA) is 265 Å². The highest BCUT2D eigenvalue weighted by atomic mass is 31.3. The Morgan fingerprint density at radius 3 is 1.81 bits per heavy atom. The molecule has 1 saturated heterocycles. The van der Waals surface area contributed by atoms with E-state index in [9.17, 15) is 43.5 Å². The molecule has 2 rings (SSSR count). The summed E-state index contributed by atoms with van der Waals surface area (Å²) in [6.07, 6.45) is 16.5. The van der Waals surface area contributed by atoms with Crippen LogP contribution >= 0.6 is 15.6 Å². The minimum Gasteiger partial charge on any atom is -0.462 e. The Bertz CT molecular complexity index is 1580. The van der Waals surface area contributed by atoms with Crippen LogP contribution in [0.2, 0.25) is 0 Å². The second-order valence-electron chi connectivity index (χ2n) is 17.3. The maximum Gasteiger partial charge on any atom is 0.481 e. The molecule has 0 spiro atoms. The van der Waals surface area contributed by atoms with Crippen molar-refractivity contribution in [3.8, 4) is 0 Å². The van der Waals surface area contributed by atoms with E-state index in [4.69, 9.17) is 29.0 Å². The number of nitrogens with two attached hydrogens (primary N) is 1. The van der Waals surface area contributed by atoms with E-state index in [-0.39, 0.29) is 18.7 Å². The van der Waals surface area contributed by atoms with Gasteiger partial charge < -0.3 is 39.9 Å². The van der Waals surface area contributed by atoms with E-state index in [1.807, 2.05) is 0 Å². The standard InChI is InChI=1S/C43H79N3O15P2/c1-5-34(4)25-21-17-13-10-11-14-18-22-26-38(47)56-30-35(59-39(48)27-23-19-15-9-7-6-8-12-16-20-24-33(2)3)31-57-62(52,53)61-63(54,55)58-32-36-40(49)41(50)42(60-36)46-29-28-37(44)45-43(46)51/h28-29,33-36,40-42,49-50H,5-27,30-32H2,1-4H3,(H,52,53)(H,54,55)(H2,44,45,51)/t34?,35-,36-,40+,41?,42-/m1/s1. The lowest BCUT2D eigenvalue weighted by molar-refractivity contribution is -0.161. The van der Waals surface area contributed by atoms with Crippen LogP contribution in [-0.4, -0.2) is 85.7 Å². The zero-order chi connectivity index (χ0) is 46.7. The SMILES string of the molecule is CCC(C)CCCCCCCCCCC(=O)OC[C@H](COP(=O)(O)OP(=O)(O)OC[C@H]1O[C@@H](n2ccc(N)nc2=O)C(O)[C@H]1O)OC(=O)CCCCCCCCCCCCC(C)C. The Hall–Kier alpha value is -2.24. The fraction of sp³-hybridized carbons (Fsp3) is 0.860. The lowest BCUT2D eigenvalue weighted by atomic mass is 9.99. The number of anilines is 1. The van der Waals surface area contributed by atoms with Crippen molar-refractivity contribution in [3.05, 3.63) is 22.7 Å². The van der Waals surface area contributed by atoms with Gasteiger partial charge in [-0.25, -0.2) is 13.9 Å². The normalized spacial score (nSPS) is 20.6. The second kappa shape index (κ2) is 31.6. The van der Waals surface area contributed by atoms with Crippen LogP contribution in [0.15, 0.2) is 17.1 Å². The molecule has 1 aliphatic heterocycles. The summed E-state index contributed by atoms with van der Waals surface area (Å²) >= 11 is 0. The number of rotatable bonds is 37. The summed E-state index contributed by atoms with van der Waals surface area (Å²) in [7, 11) is -10.8. The first-order valence-electron chi connectivity index (χ1n) is 23.3. The molecular formula is C43H79N3O15P2. The number of aliphatic hydroxyl groups excluding tert-OH is 2. The van der Waals surface area contributed by atoms with Crippen LogP contribution < -0.4 is 11.4 Å². The third-order valence-electron chi connectivity index (χ3n) is 11.2. The third-order valence-corrected chi connectivity index (χ3v) is 13.8. The number of nitrogens with zero attached hydrogens (tertiary/aromatic N) is 2. The summed E-state index contributed by atoms with van der Waals surface area (Å²) in [6.45, 7) is 6.72. The second-order valence-corrected chi connectivity index (χ2v) is 20.4. The maximum absolute atomic E-state index is 12.8.